The summed E-state index contributed by atoms with van der Waals surface area (Å²) in [7, 11) is 0.401. The van der Waals surface area contributed by atoms with Gasteiger partial charge in [0.25, 0.3) is 0 Å². The average Bonchev–Trinajstić information content (AvgIpc) is 1.37. The molecule has 0 fully saturated rings. The van der Waals surface area contributed by atoms with Crippen molar-refractivity contribution in [3.8, 4) is 0 Å². The van der Waals surface area contributed by atoms with Crippen LogP contribution in [0, 0.1) is 0 Å². The first-order valence-electron chi connectivity index (χ1n) is 0.676. The minimum atomic E-state index is 0.401. The Morgan fingerprint density at radius 1 is 2.00 bits per heavy atom. The van der Waals surface area contributed by atoms with Crippen LogP contribution in [0.2, 0.25) is 0 Å². The van der Waals surface area contributed by atoms with Gasteiger partial charge in [-0.2, -0.15) is 0 Å². The Labute approximate surface area is 30.9 Å². The SMILES string of the molecule is O=CP=S. The maximum absolute atomic E-state index is 9.06. The molecular formula is CHOPS. The fraction of sp³-hybridized carbons (Fsp3) is 0. The molecule has 0 aliphatic carbocycles. The van der Waals surface area contributed by atoms with Gasteiger partial charge in [-0.1, -0.05) is 0 Å². The third-order valence-corrected chi connectivity index (χ3v) is 0.387. The lowest BCUT2D eigenvalue weighted by Gasteiger charge is -1.32. The molecule has 0 radical (unpaired) electrons. The quantitative estimate of drug-likeness (QED) is 0.347. The van der Waals surface area contributed by atoms with Crippen molar-refractivity contribution in [2.24, 2.45) is 0 Å². The maximum Gasteiger partial charge on any atom is 0.180 e. The molecule has 0 rings (SSSR count). The van der Waals surface area contributed by atoms with E-state index in [9.17, 15) is 0 Å². The van der Waals surface area contributed by atoms with Crippen molar-refractivity contribution in [3.63, 3.8) is 0 Å². The molecule has 0 heterocycles. The van der Waals surface area contributed by atoms with Crippen LogP contribution >= 0.6 is 7.36 Å². The molecule has 0 unspecified atom stereocenters. The Morgan fingerprint density at radius 3 is 2.25 bits per heavy atom. The predicted molar refractivity (Wildman–Crippen MR) is 21.0 cm³/mol. The summed E-state index contributed by atoms with van der Waals surface area (Å²) >= 11 is 4.16. The van der Waals surface area contributed by atoms with Gasteiger partial charge in [0, 0.05) is 7.36 Å². The first-order valence-corrected chi connectivity index (χ1v) is 2.65. The zero-order chi connectivity index (χ0) is 3.41. The molecule has 0 atom stereocenters. The van der Waals surface area contributed by atoms with Crippen LogP contribution < -0.4 is 0 Å². The minimum Gasteiger partial charge on any atom is -0.292 e. The van der Waals surface area contributed by atoms with Crippen molar-refractivity contribution in [2.75, 3.05) is 0 Å². The summed E-state index contributed by atoms with van der Waals surface area (Å²) in [5, 5.41) is 0. The highest BCUT2D eigenvalue weighted by atomic mass is 32.4. The van der Waals surface area contributed by atoms with E-state index < -0.39 is 0 Å². The van der Waals surface area contributed by atoms with Crippen LogP contribution in [0.4, 0.5) is 0 Å². The Balaban J connectivity index is 2.73. The third kappa shape index (κ3) is 2.19. The summed E-state index contributed by atoms with van der Waals surface area (Å²) in [6.45, 7) is 0. The van der Waals surface area contributed by atoms with Gasteiger partial charge in [0.15, 0.2) is 6.03 Å². The van der Waals surface area contributed by atoms with E-state index in [1.807, 2.05) is 0 Å². The van der Waals surface area contributed by atoms with Gasteiger partial charge in [-0.3, -0.25) is 4.79 Å². The molecule has 22 valence electrons. The number of carbonyl (C=O) groups excluding carboxylic acids is 1. The molecule has 0 saturated carbocycles. The van der Waals surface area contributed by atoms with Crippen LogP contribution in [-0.2, 0) is 16.6 Å². The van der Waals surface area contributed by atoms with E-state index in [-0.39, 0.29) is 0 Å². The number of hydrogen-bond donors (Lipinski definition) is 0. The fourth-order valence-electron chi connectivity index (χ4n) is 0. The van der Waals surface area contributed by atoms with Crippen molar-refractivity contribution < 1.29 is 4.79 Å². The van der Waals surface area contributed by atoms with E-state index in [0.29, 0.717) is 13.4 Å². The van der Waals surface area contributed by atoms with E-state index >= 15 is 0 Å². The Hall–Kier alpha value is 0.190. The lowest BCUT2D eigenvalue weighted by Crippen LogP contribution is -1.28. The first kappa shape index (κ1) is 4.19. The lowest BCUT2D eigenvalue weighted by molar-refractivity contribution is 0.570. The Morgan fingerprint density at radius 2 is 2.25 bits per heavy atom. The molecule has 0 spiro atoms. The lowest BCUT2D eigenvalue weighted by atomic mass is 11.8. The van der Waals surface area contributed by atoms with E-state index in [2.05, 4.69) is 11.8 Å². The average molecular weight is 92.1 g/mol. The highest BCUT2D eigenvalue weighted by molar-refractivity contribution is 8.02. The van der Waals surface area contributed by atoms with E-state index in [1.54, 1.807) is 0 Å². The van der Waals surface area contributed by atoms with Gasteiger partial charge < -0.3 is 0 Å². The van der Waals surface area contributed by atoms with Gasteiger partial charge in [0.1, 0.15) is 0 Å². The minimum absolute atomic E-state index is 0.401. The third-order valence-electron chi connectivity index (χ3n) is 0.0430. The highest BCUT2D eigenvalue weighted by Gasteiger charge is 1.43. The summed E-state index contributed by atoms with van der Waals surface area (Å²) in [5.74, 6) is 0. The Bertz CT molecular complexity index is 29.0. The number of rotatable bonds is 1. The van der Waals surface area contributed by atoms with Gasteiger partial charge >= 0.3 is 0 Å². The molecule has 0 aromatic carbocycles. The van der Waals surface area contributed by atoms with Crippen molar-refractivity contribution in [1.29, 1.82) is 0 Å². The van der Waals surface area contributed by atoms with Gasteiger partial charge in [-0.05, 0) is 11.8 Å². The highest BCUT2D eigenvalue weighted by Crippen LogP contribution is 1.73. The zero-order valence-electron chi connectivity index (χ0n) is 1.84. The normalized spacial score (nSPS) is 7.00. The van der Waals surface area contributed by atoms with Crippen molar-refractivity contribution in [2.45, 2.75) is 0 Å². The second kappa shape index (κ2) is 3.19. The molecular weight excluding hydrogens is 91.1 g/mol. The molecule has 0 amide bonds. The molecule has 1 nitrogen and oxygen atoms in total. The van der Waals surface area contributed by atoms with Gasteiger partial charge in [0.05, 0.1) is 0 Å². The van der Waals surface area contributed by atoms with Gasteiger partial charge in [-0.25, -0.2) is 0 Å². The molecule has 0 bridgehead atoms. The Kier molecular flexibility index (Phi) is 3.34. The molecule has 4 heavy (non-hydrogen) atoms. The van der Waals surface area contributed by atoms with Crippen molar-refractivity contribution in [3.05, 3.63) is 0 Å². The summed E-state index contributed by atoms with van der Waals surface area (Å²) in [6, 6.07) is 0.662. The van der Waals surface area contributed by atoms with E-state index in [0.717, 1.165) is 0 Å². The molecule has 0 N–H and O–H groups in total. The smallest absolute Gasteiger partial charge is 0.180 e. The topological polar surface area (TPSA) is 17.1 Å². The predicted octanol–water partition coefficient (Wildman–Crippen LogP) is 0.585. The summed E-state index contributed by atoms with van der Waals surface area (Å²) in [5.41, 5.74) is 0. The second-order valence-corrected chi connectivity index (χ2v) is 1.26. The molecule has 0 aromatic rings. The van der Waals surface area contributed by atoms with Crippen LogP contribution in [0.25, 0.3) is 0 Å². The molecule has 3 heteroatoms. The standard InChI is InChI=1S/CHOPS/c2-1-3-4/h1H. The van der Waals surface area contributed by atoms with Crippen LogP contribution in [0.5, 0.6) is 0 Å². The van der Waals surface area contributed by atoms with Crippen LogP contribution in [-0.4, -0.2) is 6.03 Å². The largest absolute Gasteiger partial charge is 0.292 e. The number of carbonyl (C=O) groups is 1. The fourth-order valence-corrected chi connectivity index (χ4v) is 0. The van der Waals surface area contributed by atoms with E-state index in [1.165, 1.54) is 0 Å². The molecule has 0 saturated heterocycles. The maximum atomic E-state index is 9.06. The number of hydrogen-bond acceptors (Lipinski definition) is 2. The van der Waals surface area contributed by atoms with E-state index in [4.69, 9.17) is 4.79 Å². The summed E-state index contributed by atoms with van der Waals surface area (Å²) in [6.07, 6.45) is 0. The first-order chi connectivity index (χ1) is 1.91. The zero-order valence-corrected chi connectivity index (χ0v) is 3.55. The molecule has 0 aliphatic heterocycles. The molecule has 0 aromatic heterocycles. The van der Waals surface area contributed by atoms with Crippen molar-refractivity contribution in [1.82, 2.24) is 0 Å². The second-order valence-electron chi connectivity index (χ2n) is 0.211. The van der Waals surface area contributed by atoms with Gasteiger partial charge in [-0.15, -0.1) is 0 Å². The summed E-state index contributed by atoms with van der Waals surface area (Å²) < 4.78 is 0. The van der Waals surface area contributed by atoms with Gasteiger partial charge in [0.2, 0.25) is 0 Å². The van der Waals surface area contributed by atoms with Crippen LogP contribution in [0.1, 0.15) is 0 Å². The molecule has 0 aliphatic rings. The summed E-state index contributed by atoms with van der Waals surface area (Å²) in [4.78, 5) is 9.06. The van der Waals surface area contributed by atoms with Crippen LogP contribution in [0.3, 0.4) is 0 Å². The van der Waals surface area contributed by atoms with Crippen molar-refractivity contribution >= 4 is 25.2 Å². The van der Waals surface area contributed by atoms with Crippen LogP contribution in [0.15, 0.2) is 0 Å². The monoisotopic (exact) mass is 91.9 g/mol.